The van der Waals surface area contributed by atoms with Crippen molar-refractivity contribution in [1.82, 2.24) is 35.6 Å². The number of carbonyl (C=O) groups excluding carboxylic acids is 2. The zero-order valence-corrected chi connectivity index (χ0v) is 16.6. The lowest BCUT2D eigenvalue weighted by atomic mass is 10.1. The first-order valence-corrected chi connectivity index (χ1v) is 9.55. The van der Waals surface area contributed by atoms with Gasteiger partial charge in [0.1, 0.15) is 6.33 Å². The lowest BCUT2D eigenvalue weighted by Gasteiger charge is -2.08. The third kappa shape index (κ3) is 3.90. The number of nitrogens with one attached hydrogen (secondary N) is 2. The molecule has 0 saturated carbocycles. The minimum absolute atomic E-state index is 0.368. The van der Waals surface area contributed by atoms with E-state index in [1.165, 1.54) is 11.0 Å². The molecule has 2 N–H and O–H groups in total. The molecule has 0 bridgehead atoms. The number of aromatic nitrogens is 5. The zero-order valence-electron chi connectivity index (χ0n) is 16.6. The summed E-state index contributed by atoms with van der Waals surface area (Å²) in [5.41, 5.74) is 7.60. The summed E-state index contributed by atoms with van der Waals surface area (Å²) < 4.78 is 3.55. The van der Waals surface area contributed by atoms with Crippen molar-refractivity contribution in [1.29, 1.82) is 0 Å². The molecule has 2 aromatic carbocycles. The van der Waals surface area contributed by atoms with Gasteiger partial charge in [0, 0.05) is 29.2 Å². The number of benzene rings is 2. The van der Waals surface area contributed by atoms with E-state index in [1.54, 1.807) is 24.3 Å². The van der Waals surface area contributed by atoms with Crippen molar-refractivity contribution in [3.8, 4) is 5.69 Å². The molecule has 0 saturated heterocycles. The molecule has 0 aliphatic rings. The molecular weight excluding hydrogens is 382 g/mol. The number of para-hydroxylation sites is 1. The van der Waals surface area contributed by atoms with Gasteiger partial charge in [-0.1, -0.05) is 32.0 Å². The molecule has 0 unspecified atom stereocenters. The van der Waals surface area contributed by atoms with E-state index >= 15 is 0 Å². The lowest BCUT2D eigenvalue weighted by molar-refractivity contribution is 0.0847. The Morgan fingerprint density at radius 3 is 2.43 bits per heavy atom. The molecule has 0 aliphatic heterocycles. The van der Waals surface area contributed by atoms with Crippen LogP contribution in [-0.4, -0.2) is 36.6 Å². The normalized spacial score (nSPS) is 11.0. The molecular formula is C21H21N7O2. The fourth-order valence-corrected chi connectivity index (χ4v) is 3.27. The summed E-state index contributed by atoms with van der Waals surface area (Å²) in [6, 6.07) is 14.4. The van der Waals surface area contributed by atoms with Crippen LogP contribution in [0.4, 0.5) is 0 Å². The number of carbonyl (C=O) groups is 2. The number of amides is 2. The molecule has 2 aromatic heterocycles. The molecule has 2 heterocycles. The summed E-state index contributed by atoms with van der Waals surface area (Å²) in [5, 5.41) is 11.8. The second-order valence-corrected chi connectivity index (χ2v) is 7.32. The Hall–Kier alpha value is -4.01. The first kappa shape index (κ1) is 19.3. The molecule has 0 atom stereocenters. The number of hydrazine groups is 1. The highest BCUT2D eigenvalue weighted by atomic mass is 16.2. The van der Waals surface area contributed by atoms with E-state index in [0.29, 0.717) is 17.0 Å². The van der Waals surface area contributed by atoms with Crippen LogP contribution in [0.2, 0.25) is 0 Å². The van der Waals surface area contributed by atoms with Gasteiger partial charge in [0.05, 0.1) is 11.3 Å². The van der Waals surface area contributed by atoms with Gasteiger partial charge in [-0.15, -0.1) is 5.10 Å². The molecule has 9 nitrogen and oxygen atoms in total. The van der Waals surface area contributed by atoms with Crippen LogP contribution in [-0.2, 0) is 6.54 Å². The van der Waals surface area contributed by atoms with E-state index < -0.39 is 5.91 Å². The maximum atomic E-state index is 12.7. The van der Waals surface area contributed by atoms with Crippen molar-refractivity contribution in [2.24, 2.45) is 5.92 Å². The average Bonchev–Trinajstić information content (AvgIpc) is 3.41. The van der Waals surface area contributed by atoms with Gasteiger partial charge < -0.3 is 4.57 Å². The number of hydrogen-bond acceptors (Lipinski definition) is 5. The third-order valence-electron chi connectivity index (χ3n) is 4.63. The van der Waals surface area contributed by atoms with E-state index in [0.717, 1.165) is 23.1 Å². The predicted molar refractivity (Wildman–Crippen MR) is 111 cm³/mol. The van der Waals surface area contributed by atoms with E-state index in [1.807, 2.05) is 30.5 Å². The standard InChI is InChI=1S/C21H21N7O2/c1-14(2)11-27-12-18(17-5-3-4-6-19(17)27)21(30)24-23-20(29)15-7-9-16(10-8-15)28-13-22-25-26-28/h3-10,12-14H,11H2,1-2H3,(H,23,29)(H,24,30). The van der Waals surface area contributed by atoms with E-state index in [-0.39, 0.29) is 5.91 Å². The third-order valence-corrected chi connectivity index (χ3v) is 4.63. The molecule has 0 spiro atoms. The topological polar surface area (TPSA) is 107 Å². The van der Waals surface area contributed by atoms with Crippen molar-refractivity contribution in [2.45, 2.75) is 20.4 Å². The Bertz CT molecular complexity index is 1180. The first-order valence-electron chi connectivity index (χ1n) is 9.55. The average molecular weight is 403 g/mol. The minimum atomic E-state index is -0.419. The maximum Gasteiger partial charge on any atom is 0.271 e. The predicted octanol–water partition coefficient (Wildman–Crippen LogP) is 2.35. The van der Waals surface area contributed by atoms with Crippen molar-refractivity contribution in [3.05, 3.63) is 72.2 Å². The second kappa shape index (κ2) is 8.16. The van der Waals surface area contributed by atoms with Gasteiger partial charge in [-0.05, 0) is 46.7 Å². The van der Waals surface area contributed by atoms with Crippen molar-refractivity contribution < 1.29 is 9.59 Å². The summed E-state index contributed by atoms with van der Waals surface area (Å²) in [6.45, 7) is 5.05. The number of rotatable bonds is 5. The van der Waals surface area contributed by atoms with Crippen molar-refractivity contribution >= 4 is 22.7 Å². The highest BCUT2D eigenvalue weighted by molar-refractivity contribution is 6.08. The van der Waals surface area contributed by atoms with Crippen LogP contribution in [0.1, 0.15) is 34.6 Å². The second-order valence-electron chi connectivity index (χ2n) is 7.32. The van der Waals surface area contributed by atoms with E-state index in [2.05, 4.69) is 44.8 Å². The maximum absolute atomic E-state index is 12.7. The molecule has 4 aromatic rings. The smallest absolute Gasteiger partial charge is 0.271 e. The van der Waals surface area contributed by atoms with Crippen LogP contribution in [0.5, 0.6) is 0 Å². The number of nitrogens with zero attached hydrogens (tertiary/aromatic N) is 5. The molecule has 152 valence electrons. The highest BCUT2D eigenvalue weighted by Gasteiger charge is 2.16. The molecule has 0 radical (unpaired) electrons. The quantitative estimate of drug-likeness (QED) is 0.498. The molecule has 9 heteroatoms. The van der Waals surface area contributed by atoms with Crippen LogP contribution >= 0.6 is 0 Å². The Morgan fingerprint density at radius 2 is 1.73 bits per heavy atom. The SMILES string of the molecule is CC(C)Cn1cc(C(=O)NNC(=O)c2ccc(-n3cnnn3)cc2)c2ccccc21. The Morgan fingerprint density at radius 1 is 1.00 bits per heavy atom. The van der Waals surface area contributed by atoms with Gasteiger partial charge in [-0.2, -0.15) is 0 Å². The van der Waals surface area contributed by atoms with Crippen molar-refractivity contribution in [3.63, 3.8) is 0 Å². The van der Waals surface area contributed by atoms with Crippen LogP contribution < -0.4 is 10.9 Å². The Labute approximate surface area is 172 Å². The molecule has 30 heavy (non-hydrogen) atoms. The fourth-order valence-electron chi connectivity index (χ4n) is 3.27. The lowest BCUT2D eigenvalue weighted by Crippen LogP contribution is -2.41. The summed E-state index contributed by atoms with van der Waals surface area (Å²) in [5.74, 6) is -0.349. The van der Waals surface area contributed by atoms with Gasteiger partial charge in [0.25, 0.3) is 11.8 Å². The summed E-state index contributed by atoms with van der Waals surface area (Å²) >= 11 is 0. The number of fused-ring (bicyclic) bond motifs is 1. The van der Waals surface area contributed by atoms with Gasteiger partial charge in [-0.3, -0.25) is 20.4 Å². The highest BCUT2D eigenvalue weighted by Crippen LogP contribution is 2.22. The van der Waals surface area contributed by atoms with Gasteiger partial charge in [0.15, 0.2) is 0 Å². The van der Waals surface area contributed by atoms with E-state index in [4.69, 9.17) is 0 Å². The van der Waals surface area contributed by atoms with Crippen LogP contribution in [0.25, 0.3) is 16.6 Å². The Balaban J connectivity index is 1.46. The molecule has 0 aliphatic carbocycles. The minimum Gasteiger partial charge on any atom is -0.346 e. The summed E-state index contributed by atoms with van der Waals surface area (Å²) in [6.07, 6.45) is 3.29. The zero-order chi connectivity index (χ0) is 21.1. The fraction of sp³-hybridized carbons (Fsp3) is 0.190. The first-order chi connectivity index (χ1) is 14.5. The Kier molecular flexibility index (Phi) is 5.25. The largest absolute Gasteiger partial charge is 0.346 e. The molecule has 4 rings (SSSR count). The van der Waals surface area contributed by atoms with E-state index in [9.17, 15) is 9.59 Å². The van der Waals surface area contributed by atoms with Crippen LogP contribution in [0, 0.1) is 5.92 Å². The summed E-state index contributed by atoms with van der Waals surface area (Å²) in [7, 11) is 0. The van der Waals surface area contributed by atoms with Crippen molar-refractivity contribution in [2.75, 3.05) is 0 Å². The van der Waals surface area contributed by atoms with Gasteiger partial charge >= 0.3 is 0 Å². The summed E-state index contributed by atoms with van der Waals surface area (Å²) in [4.78, 5) is 25.2. The number of tetrazole rings is 1. The molecule has 2 amide bonds. The van der Waals surface area contributed by atoms with Gasteiger partial charge in [0.2, 0.25) is 0 Å². The number of hydrogen-bond donors (Lipinski definition) is 2. The monoisotopic (exact) mass is 403 g/mol. The van der Waals surface area contributed by atoms with Crippen LogP contribution in [0.15, 0.2) is 61.1 Å². The van der Waals surface area contributed by atoms with Crippen LogP contribution in [0.3, 0.4) is 0 Å². The van der Waals surface area contributed by atoms with Gasteiger partial charge in [-0.25, -0.2) is 4.68 Å². The molecule has 0 fully saturated rings.